The molecule has 0 saturated heterocycles. The van der Waals surface area contributed by atoms with Gasteiger partial charge in [-0.15, -0.1) is 0 Å². The van der Waals surface area contributed by atoms with Gasteiger partial charge in [0.25, 0.3) is 0 Å². The zero-order valence-electron chi connectivity index (χ0n) is 15.1. The summed E-state index contributed by atoms with van der Waals surface area (Å²) in [6.45, 7) is 0. The van der Waals surface area contributed by atoms with E-state index in [4.69, 9.17) is 0 Å². The molecule has 0 heteroatoms. The van der Waals surface area contributed by atoms with Gasteiger partial charge in [-0.3, -0.25) is 0 Å². The Morgan fingerprint density at radius 3 is 0.393 bits per heavy atom. The van der Waals surface area contributed by atoms with Gasteiger partial charge in [0.05, 0.1) is 0 Å². The summed E-state index contributed by atoms with van der Waals surface area (Å²) in [4.78, 5) is 0. The van der Waals surface area contributed by atoms with Crippen molar-refractivity contribution >= 4 is 75.4 Å². The van der Waals surface area contributed by atoms with Crippen LogP contribution in [0.15, 0.2) is 84.9 Å². The molecule has 0 heterocycles. The van der Waals surface area contributed by atoms with E-state index in [9.17, 15) is 0 Å². The van der Waals surface area contributed by atoms with E-state index in [2.05, 4.69) is 84.9 Å². The van der Waals surface area contributed by atoms with Gasteiger partial charge in [-0.25, -0.2) is 0 Å². The van der Waals surface area contributed by atoms with Crippen molar-refractivity contribution in [1.29, 1.82) is 0 Å². The topological polar surface area (TPSA) is 0 Å². The molecule has 0 amide bonds. The van der Waals surface area contributed by atoms with Gasteiger partial charge in [0, 0.05) is 0 Å². The molecule has 0 aliphatic heterocycles. The summed E-state index contributed by atoms with van der Waals surface area (Å²) < 4.78 is 0. The van der Waals surface area contributed by atoms with Crippen LogP contribution in [0.2, 0.25) is 0 Å². The Kier molecular flexibility index (Phi) is 2.06. The van der Waals surface area contributed by atoms with Crippen LogP contribution in [0, 0.1) is 0 Å². The third kappa shape index (κ3) is 1.34. The fourth-order valence-corrected chi connectivity index (χ4v) is 5.71. The molecule has 0 N–H and O–H groups in total. The lowest BCUT2D eigenvalue weighted by molar-refractivity contribution is 1.84. The smallest absolute Gasteiger partial charge is 0.00139 e. The minimum absolute atomic E-state index is 1.34. The molecule has 0 atom stereocenters. The van der Waals surface area contributed by atoms with Crippen LogP contribution in [0.1, 0.15) is 0 Å². The van der Waals surface area contributed by atoms with Crippen molar-refractivity contribution in [2.24, 2.45) is 0 Å². The molecule has 8 rings (SSSR count). The fraction of sp³-hybridized carbons (Fsp3) is 0. The highest BCUT2D eigenvalue weighted by Gasteiger charge is 2.19. The first-order valence-corrected chi connectivity index (χ1v) is 9.87. The Balaban J connectivity index is 2.03. The Hall–Kier alpha value is -3.64. The molecule has 0 bridgehead atoms. The van der Waals surface area contributed by atoms with Gasteiger partial charge in [-0.05, 0) is 75.4 Å². The maximum Gasteiger partial charge on any atom is -0.00139 e. The first kappa shape index (κ1) is 13.5. The van der Waals surface area contributed by atoms with Crippen molar-refractivity contribution < 1.29 is 0 Å². The molecule has 8 aromatic rings. The molecule has 0 saturated carbocycles. The van der Waals surface area contributed by atoms with Gasteiger partial charge in [-0.2, -0.15) is 0 Å². The molecule has 0 fully saturated rings. The van der Waals surface area contributed by atoms with E-state index in [1.165, 1.54) is 75.4 Å². The van der Waals surface area contributed by atoms with E-state index in [1.807, 2.05) is 0 Å². The van der Waals surface area contributed by atoms with Gasteiger partial charge in [0.2, 0.25) is 0 Å². The molecule has 0 spiro atoms. The van der Waals surface area contributed by atoms with Crippen LogP contribution in [-0.2, 0) is 0 Å². The molecular weight excluding hydrogens is 336 g/mol. The van der Waals surface area contributed by atoms with Gasteiger partial charge >= 0.3 is 0 Å². The molecule has 0 nitrogen and oxygen atoms in total. The van der Waals surface area contributed by atoms with Crippen LogP contribution < -0.4 is 0 Å². The second kappa shape index (κ2) is 4.26. The average molecular weight is 350 g/mol. The zero-order valence-corrected chi connectivity index (χ0v) is 15.1. The minimum atomic E-state index is 1.34. The molecular formula is C28H14. The normalized spacial score (nSPS) is 13.0. The van der Waals surface area contributed by atoms with Crippen molar-refractivity contribution in [2.45, 2.75) is 0 Å². The highest BCUT2D eigenvalue weighted by Crippen LogP contribution is 2.48. The van der Waals surface area contributed by atoms with E-state index in [0.29, 0.717) is 0 Å². The van der Waals surface area contributed by atoms with Crippen molar-refractivity contribution in [2.75, 3.05) is 0 Å². The number of rotatable bonds is 0. The highest BCUT2D eigenvalue weighted by atomic mass is 14.2. The highest BCUT2D eigenvalue weighted by molar-refractivity contribution is 6.44. The first-order valence-electron chi connectivity index (χ1n) is 9.87. The predicted octanol–water partition coefficient (Wildman–Crippen LogP) is 8.07. The summed E-state index contributed by atoms with van der Waals surface area (Å²) in [6.07, 6.45) is 0. The van der Waals surface area contributed by atoms with Crippen molar-refractivity contribution in [3.63, 3.8) is 0 Å². The van der Waals surface area contributed by atoms with E-state index < -0.39 is 0 Å². The molecule has 8 aromatic carbocycles. The number of hydrogen-bond donors (Lipinski definition) is 0. The summed E-state index contributed by atoms with van der Waals surface area (Å²) in [5.41, 5.74) is 0. The summed E-state index contributed by atoms with van der Waals surface area (Å²) in [6, 6.07) is 32.1. The Morgan fingerprint density at radius 2 is 0.286 bits per heavy atom. The van der Waals surface area contributed by atoms with Crippen LogP contribution in [0.5, 0.6) is 0 Å². The van der Waals surface area contributed by atoms with Crippen LogP contribution in [0.4, 0.5) is 0 Å². The molecule has 0 aromatic heterocycles. The summed E-state index contributed by atoms with van der Waals surface area (Å²) in [5, 5.41) is 19.3. The second-order valence-corrected chi connectivity index (χ2v) is 8.15. The summed E-state index contributed by atoms with van der Waals surface area (Å²) in [5.74, 6) is 0. The van der Waals surface area contributed by atoms with Crippen molar-refractivity contribution in [3.8, 4) is 0 Å². The number of benzene rings is 7. The monoisotopic (exact) mass is 350 g/mol. The molecule has 126 valence electrons. The summed E-state index contributed by atoms with van der Waals surface area (Å²) >= 11 is 0. The van der Waals surface area contributed by atoms with Crippen molar-refractivity contribution in [1.82, 2.24) is 0 Å². The van der Waals surface area contributed by atoms with Gasteiger partial charge < -0.3 is 0 Å². The van der Waals surface area contributed by atoms with E-state index >= 15 is 0 Å². The Bertz CT molecular complexity index is 1360. The van der Waals surface area contributed by atoms with E-state index in [0.717, 1.165) is 0 Å². The molecule has 0 unspecified atom stereocenters. The maximum atomic E-state index is 2.29. The van der Waals surface area contributed by atoms with Crippen LogP contribution >= 0.6 is 0 Å². The van der Waals surface area contributed by atoms with Crippen LogP contribution in [0.25, 0.3) is 75.4 Å². The molecule has 28 heavy (non-hydrogen) atoms. The zero-order chi connectivity index (χ0) is 18.0. The third-order valence-electron chi connectivity index (χ3n) is 6.87. The third-order valence-corrected chi connectivity index (χ3v) is 6.87. The van der Waals surface area contributed by atoms with E-state index in [-0.39, 0.29) is 0 Å². The second-order valence-electron chi connectivity index (χ2n) is 8.15. The SMILES string of the molecule is c1cc2ccc3ccc4ccc5ccc6ccc7ccc1c1c2c3c4c5c6c71. The lowest BCUT2D eigenvalue weighted by atomic mass is 9.92. The van der Waals surface area contributed by atoms with Crippen molar-refractivity contribution in [3.05, 3.63) is 84.9 Å². The standard InChI is InChI=1S/C28H14/c1-2-16-5-6-18-9-11-20-13-14-21-12-10-19-8-7-17-4-3-15(1)22-23(16)25(18)27(20)28(21)26(19)24(17)22/h1-14H. The van der Waals surface area contributed by atoms with Gasteiger partial charge in [0.15, 0.2) is 0 Å². The number of hydrogen-bond acceptors (Lipinski definition) is 0. The predicted molar refractivity (Wildman–Crippen MR) is 123 cm³/mol. The molecule has 0 radical (unpaired) electrons. The summed E-state index contributed by atoms with van der Waals surface area (Å²) in [7, 11) is 0. The quantitative estimate of drug-likeness (QED) is 0.243. The first-order chi connectivity index (χ1) is 13.9. The van der Waals surface area contributed by atoms with E-state index in [1.54, 1.807) is 0 Å². The largest absolute Gasteiger partial charge is 0.0537 e. The molecule has 0 aliphatic carbocycles. The average Bonchev–Trinajstić information content (AvgIpc) is 2.90. The van der Waals surface area contributed by atoms with Gasteiger partial charge in [-0.1, -0.05) is 84.9 Å². The lowest BCUT2D eigenvalue weighted by Gasteiger charge is -2.11. The van der Waals surface area contributed by atoms with Gasteiger partial charge in [0.1, 0.15) is 0 Å². The van der Waals surface area contributed by atoms with Crippen LogP contribution in [0.3, 0.4) is 0 Å². The maximum absolute atomic E-state index is 2.29. The van der Waals surface area contributed by atoms with Crippen LogP contribution in [-0.4, -0.2) is 0 Å². The minimum Gasteiger partial charge on any atom is -0.0537 e. The Labute approximate surface area is 160 Å². The Morgan fingerprint density at radius 1 is 0.179 bits per heavy atom. The molecule has 0 aliphatic rings. The fourth-order valence-electron chi connectivity index (χ4n) is 5.71. The lowest BCUT2D eigenvalue weighted by Crippen LogP contribution is -1.83.